The third-order valence-electron chi connectivity index (χ3n) is 2.71. The molecule has 1 aliphatic heterocycles. The molecule has 0 unspecified atom stereocenters. The first-order chi connectivity index (χ1) is 10.5. The van der Waals surface area contributed by atoms with Gasteiger partial charge in [0.25, 0.3) is 0 Å². The number of nitrogens with zero attached hydrogens (tertiary/aromatic N) is 2. The van der Waals surface area contributed by atoms with E-state index in [0.29, 0.717) is 5.69 Å². The van der Waals surface area contributed by atoms with Crippen molar-refractivity contribution >= 4 is 17.6 Å². The number of aryl methyl sites for hydroxylation is 1. The minimum absolute atomic E-state index is 0.107. The summed E-state index contributed by atoms with van der Waals surface area (Å²) in [4.78, 5) is 22.3. The fourth-order valence-corrected chi connectivity index (χ4v) is 1.59. The number of rotatable bonds is 4. The Morgan fingerprint density at radius 2 is 2.00 bits per heavy atom. The van der Waals surface area contributed by atoms with Crippen molar-refractivity contribution in [3.63, 3.8) is 0 Å². The molecule has 114 valence electrons. The zero-order valence-corrected chi connectivity index (χ0v) is 12.1. The molecule has 0 aromatic heterocycles. The molecule has 1 aromatic rings. The van der Waals surface area contributed by atoms with Crippen LogP contribution in [0, 0.1) is 6.92 Å². The second kappa shape index (κ2) is 6.66. The van der Waals surface area contributed by atoms with E-state index in [9.17, 15) is 14.7 Å². The summed E-state index contributed by atoms with van der Waals surface area (Å²) in [7, 11) is 0. The Bertz CT molecular complexity index is 686. The van der Waals surface area contributed by atoms with Crippen LogP contribution in [-0.4, -0.2) is 23.7 Å². The zero-order chi connectivity index (χ0) is 16.1. The molecular weight excluding hydrogens is 288 g/mol. The molecule has 0 atom stereocenters. The van der Waals surface area contributed by atoms with Gasteiger partial charge in [0.1, 0.15) is 6.61 Å². The SMILES string of the molecule is CC(=O)OC/C=C1/OC(=O)C(N=Nc2ccc(C)cc2)=C1O. The second-order valence-electron chi connectivity index (χ2n) is 4.49. The van der Waals surface area contributed by atoms with Crippen LogP contribution in [-0.2, 0) is 19.1 Å². The Morgan fingerprint density at radius 3 is 2.64 bits per heavy atom. The van der Waals surface area contributed by atoms with Crippen LogP contribution in [0.3, 0.4) is 0 Å². The molecule has 1 heterocycles. The monoisotopic (exact) mass is 302 g/mol. The van der Waals surface area contributed by atoms with E-state index >= 15 is 0 Å². The van der Waals surface area contributed by atoms with Crippen LogP contribution in [0.15, 0.2) is 57.8 Å². The number of esters is 2. The van der Waals surface area contributed by atoms with E-state index in [0.717, 1.165) is 5.56 Å². The Labute approximate surface area is 126 Å². The van der Waals surface area contributed by atoms with E-state index in [4.69, 9.17) is 4.74 Å². The molecule has 0 saturated carbocycles. The van der Waals surface area contributed by atoms with Gasteiger partial charge in [-0.15, -0.1) is 5.11 Å². The maximum atomic E-state index is 11.6. The summed E-state index contributed by atoms with van der Waals surface area (Å²) < 4.78 is 9.50. The normalized spacial score (nSPS) is 16.5. The van der Waals surface area contributed by atoms with Crippen molar-refractivity contribution in [2.24, 2.45) is 10.2 Å². The van der Waals surface area contributed by atoms with Crippen LogP contribution in [0.25, 0.3) is 0 Å². The van der Waals surface area contributed by atoms with Crippen LogP contribution in [0.2, 0.25) is 0 Å². The van der Waals surface area contributed by atoms with Crippen molar-refractivity contribution in [3.05, 3.63) is 53.1 Å². The van der Waals surface area contributed by atoms with Crippen LogP contribution in [0.1, 0.15) is 12.5 Å². The molecular formula is C15H14N2O5. The Hall–Kier alpha value is -2.96. The van der Waals surface area contributed by atoms with Gasteiger partial charge in [-0.05, 0) is 25.1 Å². The molecule has 0 spiro atoms. The van der Waals surface area contributed by atoms with Gasteiger partial charge in [0.05, 0.1) is 5.69 Å². The summed E-state index contributed by atoms with van der Waals surface area (Å²) in [6, 6.07) is 7.16. The van der Waals surface area contributed by atoms with E-state index in [1.807, 2.05) is 19.1 Å². The minimum atomic E-state index is -0.817. The zero-order valence-electron chi connectivity index (χ0n) is 12.1. The second-order valence-corrected chi connectivity index (χ2v) is 4.49. The van der Waals surface area contributed by atoms with Gasteiger partial charge in [-0.25, -0.2) is 4.79 Å². The predicted molar refractivity (Wildman–Crippen MR) is 76.2 cm³/mol. The van der Waals surface area contributed by atoms with Crippen molar-refractivity contribution in [2.75, 3.05) is 6.61 Å². The number of carbonyl (C=O) groups is 2. The Balaban J connectivity index is 2.14. The van der Waals surface area contributed by atoms with Gasteiger partial charge >= 0.3 is 11.9 Å². The number of aliphatic hydroxyl groups is 1. The molecule has 7 nitrogen and oxygen atoms in total. The summed E-state index contributed by atoms with van der Waals surface area (Å²) in [6.45, 7) is 3.06. The predicted octanol–water partition coefficient (Wildman–Crippen LogP) is 2.85. The van der Waals surface area contributed by atoms with Crippen molar-refractivity contribution in [2.45, 2.75) is 13.8 Å². The average molecular weight is 302 g/mol. The number of cyclic esters (lactones) is 1. The lowest BCUT2D eigenvalue weighted by Gasteiger charge is -1.98. The lowest BCUT2D eigenvalue weighted by molar-refractivity contribution is -0.139. The molecule has 0 amide bonds. The highest BCUT2D eigenvalue weighted by atomic mass is 16.6. The summed E-state index contributed by atoms with van der Waals surface area (Å²) in [6.07, 6.45) is 1.27. The van der Waals surface area contributed by atoms with E-state index < -0.39 is 17.7 Å². The number of benzene rings is 1. The van der Waals surface area contributed by atoms with Crippen molar-refractivity contribution in [1.29, 1.82) is 0 Å². The lowest BCUT2D eigenvalue weighted by atomic mass is 10.2. The first-order valence-electron chi connectivity index (χ1n) is 6.45. The number of carbonyl (C=O) groups excluding carboxylic acids is 2. The molecule has 0 radical (unpaired) electrons. The van der Waals surface area contributed by atoms with Gasteiger partial charge in [0, 0.05) is 6.92 Å². The fourth-order valence-electron chi connectivity index (χ4n) is 1.59. The fraction of sp³-hybridized carbons (Fsp3) is 0.200. The van der Waals surface area contributed by atoms with Gasteiger partial charge in [-0.2, -0.15) is 5.11 Å². The van der Waals surface area contributed by atoms with Gasteiger partial charge < -0.3 is 14.6 Å². The first kappa shape index (κ1) is 15.4. The lowest BCUT2D eigenvalue weighted by Crippen LogP contribution is -2.00. The largest absolute Gasteiger partial charge is 0.503 e. The first-order valence-corrected chi connectivity index (χ1v) is 6.45. The van der Waals surface area contributed by atoms with Gasteiger partial charge in [-0.1, -0.05) is 17.7 Å². The van der Waals surface area contributed by atoms with Crippen LogP contribution < -0.4 is 0 Å². The van der Waals surface area contributed by atoms with E-state index in [1.54, 1.807) is 12.1 Å². The van der Waals surface area contributed by atoms with Crippen LogP contribution in [0.5, 0.6) is 0 Å². The minimum Gasteiger partial charge on any atom is -0.503 e. The maximum absolute atomic E-state index is 11.6. The van der Waals surface area contributed by atoms with Gasteiger partial charge in [-0.3, -0.25) is 4.79 Å². The number of ether oxygens (including phenoxy) is 2. The summed E-state index contributed by atoms with van der Waals surface area (Å²) >= 11 is 0. The maximum Gasteiger partial charge on any atom is 0.368 e. The number of hydrogen-bond donors (Lipinski definition) is 1. The van der Waals surface area contributed by atoms with E-state index in [2.05, 4.69) is 15.0 Å². The quantitative estimate of drug-likeness (QED) is 0.681. The molecule has 0 saturated heterocycles. The molecule has 0 bridgehead atoms. The molecule has 1 aliphatic rings. The summed E-state index contributed by atoms with van der Waals surface area (Å²) in [5.41, 5.74) is 1.31. The Kier molecular flexibility index (Phi) is 4.67. The third-order valence-corrected chi connectivity index (χ3v) is 2.71. The molecule has 0 aliphatic carbocycles. The highest BCUT2D eigenvalue weighted by molar-refractivity contribution is 5.93. The molecule has 1 N–H and O–H groups in total. The van der Waals surface area contributed by atoms with Crippen molar-refractivity contribution in [1.82, 2.24) is 0 Å². The molecule has 22 heavy (non-hydrogen) atoms. The third kappa shape index (κ3) is 3.78. The van der Waals surface area contributed by atoms with Gasteiger partial charge in [0.2, 0.25) is 5.70 Å². The van der Waals surface area contributed by atoms with Crippen LogP contribution in [0.4, 0.5) is 5.69 Å². The topological polar surface area (TPSA) is 97.6 Å². The summed E-state index contributed by atoms with van der Waals surface area (Å²) in [5.74, 6) is -1.84. The molecule has 7 heteroatoms. The summed E-state index contributed by atoms with van der Waals surface area (Å²) in [5, 5.41) is 17.5. The van der Waals surface area contributed by atoms with Crippen molar-refractivity contribution < 1.29 is 24.2 Å². The average Bonchev–Trinajstić information content (AvgIpc) is 2.73. The standard InChI is InChI=1S/C15H14N2O5/c1-9-3-5-11(6-4-9)16-17-13-14(19)12(22-15(13)20)7-8-21-10(2)18/h3-7,19H,8H2,1-2H3/b12-7+,17-16?. The number of hydrogen-bond acceptors (Lipinski definition) is 7. The highest BCUT2D eigenvalue weighted by Crippen LogP contribution is 2.26. The van der Waals surface area contributed by atoms with Crippen LogP contribution >= 0.6 is 0 Å². The molecule has 0 fully saturated rings. The van der Waals surface area contributed by atoms with Gasteiger partial charge in [0.15, 0.2) is 11.5 Å². The number of azo groups is 1. The van der Waals surface area contributed by atoms with E-state index in [1.165, 1.54) is 13.0 Å². The smallest absolute Gasteiger partial charge is 0.368 e. The highest BCUT2D eigenvalue weighted by Gasteiger charge is 2.30. The molecule has 2 rings (SSSR count). The Morgan fingerprint density at radius 1 is 1.32 bits per heavy atom. The van der Waals surface area contributed by atoms with Crippen molar-refractivity contribution in [3.8, 4) is 0 Å². The number of aliphatic hydroxyl groups excluding tert-OH is 1. The van der Waals surface area contributed by atoms with E-state index in [-0.39, 0.29) is 18.1 Å². The molecule has 1 aromatic carbocycles.